The zero-order chi connectivity index (χ0) is 20.6. The molecular weight excluding hydrogens is 362 g/mol. The lowest BCUT2D eigenvalue weighted by atomic mass is 9.96. The summed E-state index contributed by atoms with van der Waals surface area (Å²) in [6, 6.07) is 18.6. The van der Waals surface area contributed by atoms with Crippen molar-refractivity contribution in [2.45, 2.75) is 32.2 Å². The van der Waals surface area contributed by atoms with E-state index in [2.05, 4.69) is 60.5 Å². The predicted octanol–water partition coefficient (Wildman–Crippen LogP) is 2.10. The number of ether oxygens (including phenoxy) is 1. The molecule has 29 heavy (non-hydrogen) atoms. The van der Waals surface area contributed by atoms with Crippen molar-refractivity contribution in [2.75, 3.05) is 44.7 Å². The quantitative estimate of drug-likeness (QED) is 0.718. The number of piperazine rings is 1. The van der Waals surface area contributed by atoms with E-state index in [9.17, 15) is 4.79 Å². The van der Waals surface area contributed by atoms with Gasteiger partial charge in [-0.05, 0) is 43.2 Å². The van der Waals surface area contributed by atoms with E-state index in [-0.39, 0.29) is 11.9 Å². The van der Waals surface area contributed by atoms with Crippen molar-refractivity contribution in [2.24, 2.45) is 0 Å². The Morgan fingerprint density at radius 1 is 1.10 bits per heavy atom. The SMILES string of the molecule is CC[C@H](CNC(=O)[C@H](C)[NH+]1CCN(c2ccc(OC)cc2)CC1)c1ccccc1. The third-order valence-electron chi connectivity index (χ3n) is 6.14. The Morgan fingerprint density at radius 3 is 2.34 bits per heavy atom. The van der Waals surface area contributed by atoms with Gasteiger partial charge in [-0.15, -0.1) is 0 Å². The fraction of sp³-hybridized carbons (Fsp3) is 0.458. The van der Waals surface area contributed by atoms with Gasteiger partial charge in [-0.25, -0.2) is 0 Å². The number of quaternary nitrogens is 1. The van der Waals surface area contributed by atoms with Gasteiger partial charge in [0.2, 0.25) is 0 Å². The molecule has 2 N–H and O–H groups in total. The van der Waals surface area contributed by atoms with Crippen LogP contribution in [0.1, 0.15) is 31.7 Å². The number of carbonyl (C=O) groups is 1. The molecule has 3 rings (SSSR count). The highest BCUT2D eigenvalue weighted by Crippen LogP contribution is 2.19. The lowest BCUT2D eigenvalue weighted by Crippen LogP contribution is -3.19. The average Bonchev–Trinajstić information content (AvgIpc) is 2.79. The van der Waals surface area contributed by atoms with Crippen LogP contribution in [0.2, 0.25) is 0 Å². The van der Waals surface area contributed by atoms with Gasteiger partial charge >= 0.3 is 0 Å². The molecule has 0 radical (unpaired) electrons. The summed E-state index contributed by atoms with van der Waals surface area (Å²) in [4.78, 5) is 16.5. The van der Waals surface area contributed by atoms with Crippen molar-refractivity contribution in [3.63, 3.8) is 0 Å². The summed E-state index contributed by atoms with van der Waals surface area (Å²) in [5, 5.41) is 3.20. The fourth-order valence-corrected chi connectivity index (χ4v) is 4.06. The Balaban J connectivity index is 1.48. The van der Waals surface area contributed by atoms with Crippen LogP contribution in [0, 0.1) is 0 Å². The van der Waals surface area contributed by atoms with Crippen LogP contribution in [-0.2, 0) is 4.79 Å². The Kier molecular flexibility index (Phi) is 7.53. The van der Waals surface area contributed by atoms with Crippen molar-refractivity contribution in [3.05, 3.63) is 60.2 Å². The molecule has 1 amide bonds. The third kappa shape index (κ3) is 5.51. The molecule has 1 aliphatic rings. The van der Waals surface area contributed by atoms with Crippen LogP contribution in [0.3, 0.4) is 0 Å². The van der Waals surface area contributed by atoms with Gasteiger partial charge in [0.1, 0.15) is 5.75 Å². The van der Waals surface area contributed by atoms with Crippen LogP contribution in [0.25, 0.3) is 0 Å². The van der Waals surface area contributed by atoms with Crippen LogP contribution in [0.15, 0.2) is 54.6 Å². The standard InChI is InChI=1S/C24H33N3O2/c1-4-20(21-8-6-5-7-9-21)18-25-24(28)19(2)26-14-16-27(17-15-26)22-10-12-23(29-3)13-11-22/h5-13,19-20H,4,14-18H2,1-3H3,(H,25,28)/p+1/t19-,20+/m0/s1. The van der Waals surface area contributed by atoms with Crippen molar-refractivity contribution in [1.29, 1.82) is 0 Å². The molecule has 1 aliphatic heterocycles. The number of hydrogen-bond donors (Lipinski definition) is 2. The largest absolute Gasteiger partial charge is 0.497 e. The molecule has 0 aliphatic carbocycles. The van der Waals surface area contributed by atoms with Crippen molar-refractivity contribution in [1.82, 2.24) is 5.32 Å². The van der Waals surface area contributed by atoms with Gasteiger partial charge in [0.05, 0.1) is 33.3 Å². The Morgan fingerprint density at radius 2 is 1.76 bits per heavy atom. The maximum Gasteiger partial charge on any atom is 0.278 e. The molecule has 2 aromatic carbocycles. The van der Waals surface area contributed by atoms with E-state index >= 15 is 0 Å². The number of carbonyl (C=O) groups excluding carboxylic acids is 1. The minimum Gasteiger partial charge on any atom is -0.497 e. The second-order valence-electron chi connectivity index (χ2n) is 7.83. The molecule has 0 saturated carbocycles. The number of methoxy groups -OCH3 is 1. The van der Waals surface area contributed by atoms with Gasteiger partial charge < -0.3 is 19.9 Å². The average molecular weight is 397 g/mol. The molecule has 2 atom stereocenters. The van der Waals surface area contributed by atoms with Gasteiger partial charge in [0.15, 0.2) is 6.04 Å². The molecular formula is C24H34N3O2+. The van der Waals surface area contributed by atoms with Gasteiger partial charge in [-0.3, -0.25) is 4.79 Å². The van der Waals surface area contributed by atoms with E-state index in [1.54, 1.807) is 7.11 Å². The Bertz CT molecular complexity index is 755. The minimum atomic E-state index is -0.0266. The molecule has 0 aromatic heterocycles. The smallest absolute Gasteiger partial charge is 0.278 e. The summed E-state index contributed by atoms with van der Waals surface area (Å²) in [5.41, 5.74) is 2.51. The second-order valence-corrected chi connectivity index (χ2v) is 7.83. The lowest BCUT2D eigenvalue weighted by Gasteiger charge is -2.36. The first-order chi connectivity index (χ1) is 14.1. The van der Waals surface area contributed by atoms with Gasteiger partial charge in [0, 0.05) is 18.2 Å². The van der Waals surface area contributed by atoms with Crippen molar-refractivity contribution >= 4 is 11.6 Å². The molecule has 156 valence electrons. The first kappa shape index (κ1) is 21.2. The second kappa shape index (κ2) is 10.3. The Hall–Kier alpha value is -2.53. The van der Waals surface area contributed by atoms with Gasteiger partial charge in [-0.2, -0.15) is 0 Å². The number of rotatable bonds is 8. The molecule has 0 bridgehead atoms. The minimum absolute atomic E-state index is 0.0266. The number of nitrogens with one attached hydrogen (secondary N) is 2. The van der Waals surface area contributed by atoms with Crippen LogP contribution >= 0.6 is 0 Å². The lowest BCUT2D eigenvalue weighted by molar-refractivity contribution is -0.914. The highest BCUT2D eigenvalue weighted by molar-refractivity contribution is 5.80. The summed E-state index contributed by atoms with van der Waals surface area (Å²) >= 11 is 0. The summed E-state index contributed by atoms with van der Waals surface area (Å²) in [6.45, 7) is 8.79. The highest BCUT2D eigenvalue weighted by Gasteiger charge is 2.29. The summed E-state index contributed by atoms with van der Waals surface area (Å²) in [7, 11) is 1.69. The molecule has 1 heterocycles. The van der Waals surface area contributed by atoms with Crippen LogP contribution < -0.4 is 19.9 Å². The molecule has 1 fully saturated rings. The van der Waals surface area contributed by atoms with Crippen LogP contribution in [0.4, 0.5) is 5.69 Å². The first-order valence-corrected chi connectivity index (χ1v) is 10.7. The third-order valence-corrected chi connectivity index (χ3v) is 6.14. The van der Waals surface area contributed by atoms with E-state index in [0.29, 0.717) is 12.5 Å². The number of hydrogen-bond acceptors (Lipinski definition) is 3. The molecule has 5 heteroatoms. The van der Waals surface area contributed by atoms with Crippen LogP contribution in [-0.4, -0.2) is 51.8 Å². The normalized spacial score (nSPS) is 16.9. The monoisotopic (exact) mass is 396 g/mol. The summed E-state index contributed by atoms with van der Waals surface area (Å²) in [6.07, 6.45) is 1.02. The molecule has 1 saturated heterocycles. The first-order valence-electron chi connectivity index (χ1n) is 10.7. The van der Waals surface area contributed by atoms with E-state index in [1.165, 1.54) is 16.2 Å². The van der Waals surface area contributed by atoms with Crippen LogP contribution in [0.5, 0.6) is 5.75 Å². The molecule has 0 spiro atoms. The number of amides is 1. The molecule has 5 nitrogen and oxygen atoms in total. The number of anilines is 1. The zero-order valence-electron chi connectivity index (χ0n) is 17.9. The van der Waals surface area contributed by atoms with Crippen molar-refractivity contribution in [3.8, 4) is 5.75 Å². The summed E-state index contributed by atoms with van der Waals surface area (Å²) in [5.74, 6) is 1.41. The summed E-state index contributed by atoms with van der Waals surface area (Å²) < 4.78 is 5.24. The van der Waals surface area contributed by atoms with Gasteiger partial charge in [0.25, 0.3) is 5.91 Å². The number of nitrogens with zero attached hydrogens (tertiary/aromatic N) is 1. The fourth-order valence-electron chi connectivity index (χ4n) is 4.06. The van der Waals surface area contributed by atoms with E-state index in [1.807, 2.05) is 18.2 Å². The topological polar surface area (TPSA) is 46.0 Å². The maximum atomic E-state index is 12.8. The maximum absolute atomic E-state index is 12.8. The molecule has 2 aromatic rings. The molecule has 0 unspecified atom stereocenters. The van der Waals surface area contributed by atoms with Gasteiger partial charge in [-0.1, -0.05) is 37.3 Å². The van der Waals surface area contributed by atoms with E-state index in [4.69, 9.17) is 4.74 Å². The van der Waals surface area contributed by atoms with Crippen molar-refractivity contribution < 1.29 is 14.4 Å². The predicted molar refractivity (Wildman–Crippen MR) is 118 cm³/mol. The zero-order valence-corrected chi connectivity index (χ0v) is 17.9. The van der Waals surface area contributed by atoms with E-state index < -0.39 is 0 Å². The van der Waals surface area contributed by atoms with E-state index in [0.717, 1.165) is 38.3 Å². The Labute approximate surface area is 174 Å². The number of benzene rings is 2. The highest BCUT2D eigenvalue weighted by atomic mass is 16.5.